The van der Waals surface area contributed by atoms with Gasteiger partial charge in [0.25, 0.3) is 0 Å². The van der Waals surface area contributed by atoms with Gasteiger partial charge in [-0.05, 0) is 13.8 Å². The van der Waals surface area contributed by atoms with E-state index in [1.807, 2.05) is 9.47 Å². The highest BCUT2D eigenvalue weighted by molar-refractivity contribution is 7.09. The summed E-state index contributed by atoms with van der Waals surface area (Å²) in [5.41, 5.74) is 0. The Morgan fingerprint density at radius 1 is 1.64 bits per heavy atom. The fourth-order valence-electron chi connectivity index (χ4n) is 1.38. The van der Waals surface area contributed by atoms with Crippen LogP contribution in [0.3, 0.4) is 0 Å². The van der Waals surface area contributed by atoms with E-state index in [0.29, 0.717) is 0 Å². The molecular weight excluding hydrogens is 203 g/mol. The number of hydrogen-bond donors (Lipinski definition) is 0. The van der Waals surface area contributed by atoms with E-state index in [9.17, 15) is 4.79 Å². The number of carbonyl (C=O) groups is 1. The highest BCUT2D eigenvalue weighted by Gasteiger charge is 2.43. The van der Waals surface area contributed by atoms with Crippen LogP contribution in [0.4, 0.5) is 0 Å². The number of ether oxygens (including phenoxy) is 2. The second-order valence-corrected chi connectivity index (χ2v) is 3.87. The molecule has 1 rings (SSSR count). The quantitative estimate of drug-likeness (QED) is 0.523. The van der Waals surface area contributed by atoms with Gasteiger partial charge in [0.2, 0.25) is 0 Å². The normalized spacial score (nSPS) is 30.2. The van der Waals surface area contributed by atoms with Crippen LogP contribution in [0.2, 0.25) is 0 Å². The summed E-state index contributed by atoms with van der Waals surface area (Å²) in [4.78, 5) is 11.5. The van der Waals surface area contributed by atoms with Gasteiger partial charge in [0, 0.05) is 9.47 Å². The van der Waals surface area contributed by atoms with E-state index in [1.165, 1.54) is 0 Å². The molecule has 3 atom stereocenters. The first kappa shape index (κ1) is 11.8. The van der Waals surface area contributed by atoms with Gasteiger partial charge in [-0.25, -0.2) is 0 Å². The molecule has 1 heterocycles. The number of rotatable bonds is 4. The molecule has 80 valence electrons. The third-order valence-electron chi connectivity index (χ3n) is 1.90. The van der Waals surface area contributed by atoms with Gasteiger partial charge in [0.1, 0.15) is 12.7 Å². The zero-order valence-electron chi connectivity index (χ0n) is 8.36. The molecule has 0 radical (unpaired) electrons. The highest BCUT2D eigenvalue weighted by atomic mass is 31.0. The number of Topliss-reactive ketones (excluding diaryl/α,β-unsaturated/α-hetero) is 1. The zero-order chi connectivity index (χ0) is 10.8. The Kier molecular flexibility index (Phi) is 3.78. The molecule has 5 heteroatoms. The van der Waals surface area contributed by atoms with Gasteiger partial charge >= 0.3 is 0 Å². The van der Waals surface area contributed by atoms with Crippen LogP contribution in [0, 0.1) is 0 Å². The van der Waals surface area contributed by atoms with Crippen LogP contribution in [-0.4, -0.2) is 30.4 Å². The summed E-state index contributed by atoms with van der Waals surface area (Å²) in [6.45, 7) is 7.12. The van der Waals surface area contributed by atoms with E-state index in [2.05, 4.69) is 11.1 Å². The minimum atomic E-state index is -0.736. The van der Waals surface area contributed by atoms with E-state index in [1.54, 1.807) is 19.9 Å². The Morgan fingerprint density at radius 2 is 2.29 bits per heavy atom. The molecule has 4 nitrogen and oxygen atoms in total. The maximum Gasteiger partial charge on any atom is 0.190 e. The molecule has 0 amide bonds. The average molecular weight is 218 g/mol. The molecule has 14 heavy (non-hydrogen) atoms. The fraction of sp³-hybridized carbons (Fsp3) is 0.667. The first-order chi connectivity index (χ1) is 6.50. The Balaban J connectivity index is 2.68. The van der Waals surface area contributed by atoms with Crippen molar-refractivity contribution in [3.05, 3.63) is 12.7 Å². The largest absolute Gasteiger partial charge is 0.358 e. The van der Waals surface area contributed by atoms with Crippen LogP contribution >= 0.6 is 9.47 Å². The van der Waals surface area contributed by atoms with Gasteiger partial charge in [0.05, 0.1) is 0 Å². The van der Waals surface area contributed by atoms with Crippen LogP contribution in [-0.2, 0) is 18.8 Å². The minimum Gasteiger partial charge on any atom is -0.358 e. The van der Waals surface area contributed by atoms with E-state index >= 15 is 0 Å². The lowest BCUT2D eigenvalue weighted by Crippen LogP contribution is -2.32. The first-order valence-electron chi connectivity index (χ1n) is 4.33. The van der Waals surface area contributed by atoms with Crippen molar-refractivity contribution in [2.24, 2.45) is 0 Å². The van der Waals surface area contributed by atoms with Gasteiger partial charge in [-0.3, -0.25) is 4.79 Å². The molecule has 1 aliphatic heterocycles. The summed E-state index contributed by atoms with van der Waals surface area (Å²) in [6, 6.07) is 0. The zero-order valence-corrected chi connectivity index (χ0v) is 9.51. The summed E-state index contributed by atoms with van der Waals surface area (Å²) in [5, 5.41) is 0. The molecule has 1 fully saturated rings. The number of hydrogen-bond acceptors (Lipinski definition) is 4. The molecule has 0 aromatic rings. The van der Waals surface area contributed by atoms with Crippen molar-refractivity contribution < 1.29 is 18.8 Å². The molecule has 0 saturated carbocycles. The van der Waals surface area contributed by atoms with Crippen LogP contribution < -0.4 is 0 Å². The Morgan fingerprint density at radius 3 is 2.79 bits per heavy atom. The van der Waals surface area contributed by atoms with Crippen molar-refractivity contribution in [1.29, 1.82) is 0 Å². The van der Waals surface area contributed by atoms with Crippen molar-refractivity contribution >= 4 is 15.2 Å². The van der Waals surface area contributed by atoms with Crippen molar-refractivity contribution in [1.82, 2.24) is 0 Å². The van der Waals surface area contributed by atoms with Crippen molar-refractivity contribution in [3.63, 3.8) is 0 Å². The number of carbonyl (C=O) groups excluding carboxylic acids is 1. The van der Waals surface area contributed by atoms with Crippen LogP contribution in [0.5, 0.6) is 0 Å². The third kappa shape index (κ3) is 2.61. The molecule has 1 unspecified atom stereocenters. The van der Waals surface area contributed by atoms with E-state index < -0.39 is 18.0 Å². The predicted molar refractivity (Wildman–Crippen MR) is 54.7 cm³/mol. The SMILES string of the molecule is C=C[C@@H]1OC(C)(C)O[C@@H]1C(=O)COP. The molecule has 0 spiro atoms. The molecule has 0 aromatic heterocycles. The summed E-state index contributed by atoms with van der Waals surface area (Å²) < 4.78 is 15.6. The topological polar surface area (TPSA) is 44.8 Å². The lowest BCUT2D eigenvalue weighted by molar-refractivity contribution is -0.154. The monoisotopic (exact) mass is 218 g/mol. The minimum absolute atomic E-state index is 0.000880. The maximum absolute atomic E-state index is 11.5. The highest BCUT2D eigenvalue weighted by Crippen LogP contribution is 2.29. The summed E-state index contributed by atoms with van der Waals surface area (Å²) in [5.74, 6) is -0.879. The third-order valence-corrected chi connectivity index (χ3v) is 2.07. The van der Waals surface area contributed by atoms with Crippen LogP contribution in [0.25, 0.3) is 0 Å². The second-order valence-electron chi connectivity index (χ2n) is 3.53. The van der Waals surface area contributed by atoms with Gasteiger partial charge in [-0.1, -0.05) is 6.08 Å². The van der Waals surface area contributed by atoms with Crippen LogP contribution in [0.15, 0.2) is 12.7 Å². The van der Waals surface area contributed by atoms with Gasteiger partial charge in [-0.2, -0.15) is 0 Å². The maximum atomic E-state index is 11.5. The number of ketones is 1. The summed E-state index contributed by atoms with van der Waals surface area (Å²) >= 11 is 0. The van der Waals surface area contributed by atoms with E-state index in [4.69, 9.17) is 9.47 Å². The lowest BCUT2D eigenvalue weighted by Gasteiger charge is -2.16. The van der Waals surface area contributed by atoms with Crippen molar-refractivity contribution in [2.45, 2.75) is 31.8 Å². The van der Waals surface area contributed by atoms with Gasteiger partial charge < -0.3 is 14.0 Å². The van der Waals surface area contributed by atoms with Crippen molar-refractivity contribution in [2.75, 3.05) is 6.61 Å². The Hall–Kier alpha value is -0.280. The Labute approximate surface area is 85.9 Å². The molecule has 1 saturated heterocycles. The van der Waals surface area contributed by atoms with Gasteiger partial charge in [0.15, 0.2) is 17.7 Å². The van der Waals surface area contributed by atoms with Crippen molar-refractivity contribution in [3.8, 4) is 0 Å². The molecule has 0 N–H and O–H groups in total. The predicted octanol–water partition coefficient (Wildman–Crippen LogP) is 1.07. The first-order valence-corrected chi connectivity index (χ1v) is 4.80. The van der Waals surface area contributed by atoms with Gasteiger partial charge in [-0.15, -0.1) is 6.58 Å². The molecular formula is C9H15O4P. The second kappa shape index (κ2) is 4.49. The summed E-state index contributed by atoms with van der Waals surface area (Å²) in [7, 11) is 2.03. The van der Waals surface area contributed by atoms with E-state index in [0.717, 1.165) is 0 Å². The van der Waals surface area contributed by atoms with E-state index in [-0.39, 0.29) is 12.4 Å². The Bertz CT molecular complexity index is 239. The molecule has 0 bridgehead atoms. The lowest BCUT2D eigenvalue weighted by atomic mass is 10.1. The summed E-state index contributed by atoms with van der Waals surface area (Å²) in [6.07, 6.45) is 0.570. The smallest absolute Gasteiger partial charge is 0.190 e. The molecule has 0 aromatic carbocycles. The fourth-order valence-corrected chi connectivity index (χ4v) is 1.54. The standard InChI is InChI=1S/C9H15O4P/c1-4-7-8(6(10)5-11-14)13-9(2,3)12-7/h4,7-8H,1,5,14H2,2-3H3/t7-,8+/m0/s1. The van der Waals surface area contributed by atoms with Crippen LogP contribution in [0.1, 0.15) is 13.8 Å². The average Bonchev–Trinajstić information content (AvgIpc) is 2.41. The molecule has 0 aliphatic carbocycles. The molecule has 1 aliphatic rings.